The minimum absolute atomic E-state index is 0.0102. The smallest absolute Gasteiger partial charge is 0.412 e. The fourth-order valence-electron chi connectivity index (χ4n) is 3.38. The van der Waals surface area contributed by atoms with E-state index in [4.69, 9.17) is 16.3 Å². The number of alkyl halides is 3. The van der Waals surface area contributed by atoms with Crippen molar-refractivity contribution >= 4 is 38.6 Å². The van der Waals surface area contributed by atoms with Crippen LogP contribution in [0.2, 0.25) is 5.02 Å². The Balaban J connectivity index is 1.55. The van der Waals surface area contributed by atoms with Gasteiger partial charge in [0.2, 0.25) is 10.0 Å². The van der Waals surface area contributed by atoms with Crippen LogP contribution in [0.1, 0.15) is 17.8 Å². The Hall–Kier alpha value is -2.33. The van der Waals surface area contributed by atoms with E-state index in [0.29, 0.717) is 31.2 Å². The number of thiazole rings is 1. The van der Waals surface area contributed by atoms with Crippen molar-refractivity contribution in [3.63, 3.8) is 0 Å². The third kappa shape index (κ3) is 6.46. The van der Waals surface area contributed by atoms with Crippen LogP contribution in [-0.4, -0.2) is 71.6 Å². The minimum atomic E-state index is -4.78. The van der Waals surface area contributed by atoms with Gasteiger partial charge in [0.15, 0.2) is 0 Å². The summed E-state index contributed by atoms with van der Waals surface area (Å²) in [5.74, 6) is -2.02. The molecular weight excluding hydrogens is 533 g/mol. The highest BCUT2D eigenvalue weighted by Crippen LogP contribution is 2.33. The fraction of sp³-hybridized carbons (Fsp3) is 0.474. The Morgan fingerprint density at radius 1 is 1.29 bits per heavy atom. The molecule has 16 heteroatoms. The summed E-state index contributed by atoms with van der Waals surface area (Å²) in [4.78, 5) is 10.3. The van der Waals surface area contributed by atoms with Crippen molar-refractivity contribution in [1.29, 1.82) is 0 Å². The van der Waals surface area contributed by atoms with Crippen molar-refractivity contribution in [2.75, 3.05) is 36.3 Å². The van der Waals surface area contributed by atoms with Gasteiger partial charge in [-0.15, -0.1) is 21.5 Å². The monoisotopic (exact) mass is 552 g/mol. The van der Waals surface area contributed by atoms with Gasteiger partial charge < -0.3 is 9.15 Å². The van der Waals surface area contributed by atoms with E-state index in [1.165, 1.54) is 24.7 Å². The molecule has 0 amide bonds. The van der Waals surface area contributed by atoms with Crippen LogP contribution in [0.5, 0.6) is 0 Å². The van der Waals surface area contributed by atoms with Gasteiger partial charge in [0.25, 0.3) is 5.89 Å². The van der Waals surface area contributed by atoms with Crippen LogP contribution in [0.25, 0.3) is 10.8 Å². The van der Waals surface area contributed by atoms with E-state index in [1.54, 1.807) is 0 Å². The number of sulfonamides is 1. The number of pyridine rings is 1. The lowest BCUT2D eigenvalue weighted by Gasteiger charge is -2.32. The highest BCUT2D eigenvalue weighted by Gasteiger charge is 2.38. The van der Waals surface area contributed by atoms with Crippen molar-refractivity contribution in [3.8, 4) is 10.8 Å². The summed E-state index contributed by atoms with van der Waals surface area (Å²) in [6.07, 6.45) is -0.774. The first-order valence-electron chi connectivity index (χ1n) is 10.3. The van der Waals surface area contributed by atoms with E-state index in [9.17, 15) is 21.6 Å². The molecule has 0 bridgehead atoms. The van der Waals surface area contributed by atoms with Gasteiger partial charge in [-0.3, -0.25) is 14.2 Å². The Morgan fingerprint density at radius 2 is 2.09 bits per heavy atom. The molecule has 3 aromatic rings. The van der Waals surface area contributed by atoms with E-state index in [-0.39, 0.29) is 39.9 Å². The zero-order chi connectivity index (χ0) is 25.2. The summed E-state index contributed by atoms with van der Waals surface area (Å²) in [7, 11) is -3.86. The van der Waals surface area contributed by atoms with Gasteiger partial charge in [0, 0.05) is 25.8 Å². The lowest BCUT2D eigenvalue weighted by atomic mass is 10.3. The molecule has 0 unspecified atom stereocenters. The molecule has 10 nitrogen and oxygen atoms in total. The average Bonchev–Trinajstić information content (AvgIpc) is 3.46. The first-order valence-corrected chi connectivity index (χ1v) is 13.1. The number of nitrogens with zero attached hydrogens (tertiary/aromatic N) is 6. The van der Waals surface area contributed by atoms with Gasteiger partial charge in [-0.25, -0.2) is 13.4 Å². The van der Waals surface area contributed by atoms with E-state index in [1.807, 2.05) is 11.8 Å². The molecule has 0 saturated carbocycles. The molecule has 1 fully saturated rings. The second-order valence-corrected chi connectivity index (χ2v) is 11.3. The minimum Gasteiger partial charge on any atom is -0.412 e. The molecular formula is C19H20ClF3N6O4S2. The predicted octanol–water partition coefficient (Wildman–Crippen LogP) is 3.32. The Morgan fingerprint density at radius 3 is 2.77 bits per heavy atom. The number of aromatic nitrogens is 4. The van der Waals surface area contributed by atoms with E-state index >= 15 is 0 Å². The van der Waals surface area contributed by atoms with Crippen LogP contribution in [0.15, 0.2) is 29.1 Å². The largest absolute Gasteiger partial charge is 0.470 e. The van der Waals surface area contributed by atoms with Crippen molar-refractivity contribution in [2.24, 2.45) is 0 Å². The van der Waals surface area contributed by atoms with Crippen LogP contribution in [0.4, 0.5) is 18.9 Å². The topological polar surface area (TPSA) is 115 Å². The van der Waals surface area contributed by atoms with Crippen LogP contribution in [-0.2, 0) is 27.5 Å². The zero-order valence-corrected chi connectivity index (χ0v) is 20.7. The first kappa shape index (κ1) is 25.8. The van der Waals surface area contributed by atoms with E-state index < -0.39 is 22.1 Å². The van der Waals surface area contributed by atoms with Gasteiger partial charge in [0.05, 0.1) is 48.1 Å². The summed E-state index contributed by atoms with van der Waals surface area (Å²) in [5, 5.41) is 6.96. The number of anilines is 1. The maximum absolute atomic E-state index is 13.4. The average molecular weight is 553 g/mol. The molecule has 0 aliphatic carbocycles. The summed E-state index contributed by atoms with van der Waals surface area (Å²) in [6, 6.07) is 1.46. The molecule has 3 aromatic heterocycles. The standard InChI is InChI=1S/C19H20ClF3N6O4S2/c1-12-10-28(2-4-32-12)3-5-35(30,31)29(14-6-13(20)7-24-8-14)11-16-25-9-15(34-16)17-26-27-18(33-17)19(21,22)23/h6-9,12H,2-5,10-11H2,1H3/t12-/m1/s1. The van der Waals surface area contributed by atoms with E-state index in [0.717, 1.165) is 15.6 Å². The normalized spacial score (nSPS) is 17.6. The summed E-state index contributed by atoms with van der Waals surface area (Å²) < 4.78 is 76.3. The molecule has 0 aromatic carbocycles. The second kappa shape index (κ2) is 10.3. The molecule has 1 aliphatic rings. The third-order valence-corrected chi connectivity index (χ3v) is 7.90. The molecule has 1 saturated heterocycles. The molecule has 1 atom stereocenters. The fourth-order valence-corrected chi connectivity index (χ4v) is 5.91. The maximum Gasteiger partial charge on any atom is 0.470 e. The van der Waals surface area contributed by atoms with Crippen molar-refractivity contribution in [2.45, 2.75) is 25.7 Å². The van der Waals surface area contributed by atoms with Crippen LogP contribution in [0.3, 0.4) is 0 Å². The van der Waals surface area contributed by atoms with Gasteiger partial charge in [-0.2, -0.15) is 13.2 Å². The van der Waals surface area contributed by atoms with Crippen molar-refractivity contribution in [1.82, 2.24) is 25.1 Å². The first-order chi connectivity index (χ1) is 16.5. The summed E-state index contributed by atoms with van der Waals surface area (Å²) >= 11 is 6.98. The number of morpholine rings is 1. The van der Waals surface area contributed by atoms with Crippen molar-refractivity contribution < 1.29 is 30.7 Å². The van der Waals surface area contributed by atoms with Crippen LogP contribution >= 0.6 is 22.9 Å². The molecule has 0 spiro atoms. The number of hydrogen-bond acceptors (Lipinski definition) is 10. The molecule has 4 rings (SSSR count). The second-order valence-electron chi connectivity index (χ2n) is 7.69. The zero-order valence-electron chi connectivity index (χ0n) is 18.3. The van der Waals surface area contributed by atoms with Crippen molar-refractivity contribution in [3.05, 3.63) is 40.6 Å². The quantitative estimate of drug-likeness (QED) is 0.415. The number of halogens is 4. The van der Waals surface area contributed by atoms with Crippen LogP contribution in [0, 0.1) is 0 Å². The molecule has 4 heterocycles. The molecule has 1 aliphatic heterocycles. The Bertz CT molecular complexity index is 1270. The molecule has 190 valence electrons. The van der Waals surface area contributed by atoms with Gasteiger partial charge in [-0.05, 0) is 13.0 Å². The Kier molecular flexibility index (Phi) is 7.61. The summed E-state index contributed by atoms with van der Waals surface area (Å²) in [6.45, 7) is 3.80. The van der Waals surface area contributed by atoms with Gasteiger partial charge >= 0.3 is 12.1 Å². The SMILES string of the molecule is C[C@@H]1CN(CCS(=O)(=O)N(Cc2ncc(-c3nnc(C(F)(F)F)o3)s2)c2cncc(Cl)c2)CCO1. The van der Waals surface area contributed by atoms with Gasteiger partial charge in [0.1, 0.15) is 9.88 Å². The van der Waals surface area contributed by atoms with Crippen LogP contribution < -0.4 is 4.31 Å². The third-order valence-electron chi connectivity index (χ3n) is 5.02. The number of ether oxygens (including phenoxy) is 1. The molecule has 35 heavy (non-hydrogen) atoms. The number of hydrogen-bond donors (Lipinski definition) is 0. The highest BCUT2D eigenvalue weighted by molar-refractivity contribution is 7.92. The molecule has 0 N–H and O–H groups in total. The summed E-state index contributed by atoms with van der Waals surface area (Å²) in [5.41, 5.74) is 0.238. The predicted molar refractivity (Wildman–Crippen MR) is 121 cm³/mol. The Labute approximate surface area is 207 Å². The van der Waals surface area contributed by atoms with Gasteiger partial charge in [-0.1, -0.05) is 11.6 Å². The lowest BCUT2D eigenvalue weighted by molar-refractivity contribution is -0.156. The lowest BCUT2D eigenvalue weighted by Crippen LogP contribution is -2.44. The highest BCUT2D eigenvalue weighted by atomic mass is 35.5. The number of rotatable bonds is 8. The maximum atomic E-state index is 13.4. The van der Waals surface area contributed by atoms with E-state index in [2.05, 4.69) is 24.6 Å². The molecule has 0 radical (unpaired) electrons.